The van der Waals surface area contributed by atoms with Gasteiger partial charge in [-0.15, -0.1) is 0 Å². The van der Waals surface area contributed by atoms with Gasteiger partial charge in [0.25, 0.3) is 11.2 Å². The molecule has 0 unspecified atom stereocenters. The maximum Gasteiger partial charge on any atom is 0.306 e. The maximum atomic E-state index is 11.8. The molecule has 0 bridgehead atoms. The molecule has 0 aliphatic rings. The number of ether oxygens (including phenoxy) is 1. The van der Waals surface area contributed by atoms with E-state index in [1.165, 1.54) is 0 Å². The largest absolute Gasteiger partial charge is 0.464 e. The highest BCUT2D eigenvalue weighted by Gasteiger charge is 2.15. The van der Waals surface area contributed by atoms with Gasteiger partial charge in [0.05, 0.1) is 17.7 Å². The van der Waals surface area contributed by atoms with Crippen molar-refractivity contribution in [1.29, 1.82) is 0 Å². The lowest BCUT2D eigenvalue weighted by atomic mass is 9.94. The van der Waals surface area contributed by atoms with Gasteiger partial charge < -0.3 is 15.0 Å². The second-order valence-electron chi connectivity index (χ2n) is 5.83. The molecule has 8 nitrogen and oxygen atoms in total. The second kappa shape index (κ2) is 9.04. The minimum Gasteiger partial charge on any atom is -0.464 e. The average molecular weight is 325 g/mol. The number of aromatic nitrogens is 1. The number of hydrogen-bond acceptors (Lipinski definition) is 6. The summed E-state index contributed by atoms with van der Waals surface area (Å²) in [6.07, 6.45) is 2.21. The van der Waals surface area contributed by atoms with Gasteiger partial charge in [0, 0.05) is 18.6 Å². The van der Waals surface area contributed by atoms with E-state index in [1.54, 1.807) is 0 Å². The predicted molar refractivity (Wildman–Crippen MR) is 84.9 cm³/mol. The van der Waals surface area contributed by atoms with Crippen LogP contribution in [0.3, 0.4) is 0 Å². The molecule has 0 saturated heterocycles. The lowest BCUT2D eigenvalue weighted by Gasteiger charge is -2.16. The number of pyridine rings is 1. The summed E-state index contributed by atoms with van der Waals surface area (Å²) >= 11 is 0. The maximum absolute atomic E-state index is 11.8. The normalized spacial score (nSPS) is 12.2. The van der Waals surface area contributed by atoms with E-state index in [0.29, 0.717) is 12.5 Å². The van der Waals surface area contributed by atoms with Crippen molar-refractivity contribution in [2.45, 2.75) is 33.2 Å². The second-order valence-corrected chi connectivity index (χ2v) is 5.83. The van der Waals surface area contributed by atoms with Crippen LogP contribution in [0.5, 0.6) is 0 Å². The van der Waals surface area contributed by atoms with Crippen LogP contribution in [-0.4, -0.2) is 28.6 Å². The van der Waals surface area contributed by atoms with Crippen LogP contribution >= 0.6 is 0 Å². The van der Waals surface area contributed by atoms with Crippen LogP contribution in [0.2, 0.25) is 0 Å². The summed E-state index contributed by atoms with van der Waals surface area (Å²) in [4.78, 5) is 33.5. The minimum atomic E-state index is -0.584. The van der Waals surface area contributed by atoms with Crippen molar-refractivity contribution in [2.75, 3.05) is 13.2 Å². The molecule has 0 aromatic carbocycles. The van der Waals surface area contributed by atoms with Crippen molar-refractivity contribution in [3.8, 4) is 0 Å². The molecule has 1 heterocycles. The van der Waals surface area contributed by atoms with Crippen molar-refractivity contribution in [1.82, 2.24) is 4.57 Å². The smallest absolute Gasteiger partial charge is 0.306 e. The third-order valence-electron chi connectivity index (χ3n) is 3.37. The van der Waals surface area contributed by atoms with Gasteiger partial charge in [0.1, 0.15) is 6.61 Å². The molecular formula is C15H23N3O5. The highest BCUT2D eigenvalue weighted by molar-refractivity contribution is 5.69. The lowest BCUT2D eigenvalue weighted by Crippen LogP contribution is -2.24. The highest BCUT2D eigenvalue weighted by atomic mass is 16.6. The molecule has 0 spiro atoms. The van der Waals surface area contributed by atoms with Crippen molar-refractivity contribution in [3.63, 3.8) is 0 Å². The van der Waals surface area contributed by atoms with E-state index in [4.69, 9.17) is 10.5 Å². The Balaban J connectivity index is 2.50. The monoisotopic (exact) mass is 325 g/mol. The summed E-state index contributed by atoms with van der Waals surface area (Å²) in [7, 11) is 0. The number of rotatable bonds is 9. The van der Waals surface area contributed by atoms with E-state index in [0.717, 1.165) is 29.3 Å². The van der Waals surface area contributed by atoms with E-state index in [2.05, 4.69) is 13.8 Å². The van der Waals surface area contributed by atoms with Crippen LogP contribution in [-0.2, 0) is 16.1 Å². The molecule has 8 heteroatoms. The van der Waals surface area contributed by atoms with Gasteiger partial charge in [-0.2, -0.15) is 0 Å². The Morgan fingerprint density at radius 2 is 2.13 bits per heavy atom. The van der Waals surface area contributed by atoms with E-state index < -0.39 is 4.92 Å². The third kappa shape index (κ3) is 6.60. The molecule has 0 aliphatic heterocycles. The van der Waals surface area contributed by atoms with Crippen LogP contribution in [0.4, 0.5) is 5.69 Å². The summed E-state index contributed by atoms with van der Waals surface area (Å²) in [5.74, 6) is 0.141. The topological polar surface area (TPSA) is 117 Å². The van der Waals surface area contributed by atoms with Crippen LogP contribution < -0.4 is 11.3 Å². The molecule has 0 fully saturated rings. The van der Waals surface area contributed by atoms with Crippen LogP contribution in [0, 0.1) is 22.0 Å². The van der Waals surface area contributed by atoms with Gasteiger partial charge in [-0.05, 0) is 24.8 Å². The number of nitrogens with two attached hydrogens (primary N) is 1. The number of carbonyl (C=O) groups is 1. The zero-order chi connectivity index (χ0) is 17.4. The molecule has 0 radical (unpaired) electrons. The van der Waals surface area contributed by atoms with Gasteiger partial charge in [0.2, 0.25) is 0 Å². The molecule has 1 atom stereocenters. The Bertz CT molecular complexity index is 597. The fourth-order valence-corrected chi connectivity index (χ4v) is 2.28. The number of hydrogen-bond donors (Lipinski definition) is 1. The molecule has 1 aromatic heterocycles. The Kier molecular flexibility index (Phi) is 7.40. The third-order valence-corrected chi connectivity index (χ3v) is 3.37. The molecule has 128 valence electrons. The summed E-state index contributed by atoms with van der Waals surface area (Å²) in [5.41, 5.74) is 5.07. The van der Waals surface area contributed by atoms with Crippen molar-refractivity contribution in [2.24, 2.45) is 17.6 Å². The molecule has 0 amide bonds. The molecule has 1 aromatic rings. The zero-order valence-corrected chi connectivity index (χ0v) is 13.4. The zero-order valence-electron chi connectivity index (χ0n) is 13.4. The number of nitrogens with zero attached hydrogens (tertiary/aromatic N) is 2. The van der Waals surface area contributed by atoms with Crippen molar-refractivity contribution < 1.29 is 14.5 Å². The number of nitro groups is 1. The van der Waals surface area contributed by atoms with E-state index >= 15 is 0 Å². The average Bonchev–Trinajstić information content (AvgIpc) is 2.47. The first kappa shape index (κ1) is 18.8. The first-order valence-corrected chi connectivity index (χ1v) is 7.54. The Labute approximate surface area is 134 Å². The Morgan fingerprint density at radius 3 is 2.70 bits per heavy atom. The SMILES string of the molecule is CC(C)C[C@H](CN)CC(=O)OCCn1cc([N+](=O)[O-])ccc1=O. The van der Waals surface area contributed by atoms with Gasteiger partial charge in [-0.1, -0.05) is 13.8 Å². The molecule has 1 rings (SSSR count). The fraction of sp³-hybridized carbons (Fsp3) is 0.600. The quantitative estimate of drug-likeness (QED) is 0.415. The van der Waals surface area contributed by atoms with E-state index in [1.807, 2.05) is 0 Å². The summed E-state index contributed by atoms with van der Waals surface area (Å²) in [6, 6.07) is 2.26. The summed E-state index contributed by atoms with van der Waals surface area (Å²) < 4.78 is 6.24. The highest BCUT2D eigenvalue weighted by Crippen LogP contribution is 2.14. The van der Waals surface area contributed by atoms with Gasteiger partial charge in [-0.3, -0.25) is 19.7 Å². The van der Waals surface area contributed by atoms with Gasteiger partial charge >= 0.3 is 5.97 Å². The van der Waals surface area contributed by atoms with Gasteiger partial charge in [-0.25, -0.2) is 0 Å². The van der Waals surface area contributed by atoms with E-state index in [9.17, 15) is 19.7 Å². The Morgan fingerprint density at radius 1 is 1.43 bits per heavy atom. The van der Waals surface area contributed by atoms with Gasteiger partial charge in [0.15, 0.2) is 0 Å². The van der Waals surface area contributed by atoms with Crippen LogP contribution in [0.1, 0.15) is 26.7 Å². The standard InChI is InChI=1S/C15H23N3O5/c1-11(2)7-12(9-16)8-15(20)23-6-5-17-10-13(18(21)22)3-4-14(17)19/h3-4,10-12H,5-9,16H2,1-2H3/t12-/m0/s1. The predicted octanol–water partition coefficient (Wildman–Crippen LogP) is 1.31. The molecule has 23 heavy (non-hydrogen) atoms. The van der Waals surface area contributed by atoms with Crippen LogP contribution in [0.15, 0.2) is 23.1 Å². The molecule has 0 saturated carbocycles. The molecule has 2 N–H and O–H groups in total. The molecular weight excluding hydrogens is 302 g/mol. The van der Waals surface area contributed by atoms with E-state index in [-0.39, 0.29) is 42.7 Å². The minimum absolute atomic E-state index is 0.0150. The molecule has 0 aliphatic carbocycles. The number of carbonyl (C=O) groups excluding carboxylic acids is 1. The summed E-state index contributed by atoms with van der Waals surface area (Å²) in [6.45, 7) is 4.59. The van der Waals surface area contributed by atoms with Crippen LogP contribution in [0.25, 0.3) is 0 Å². The fourth-order valence-electron chi connectivity index (χ4n) is 2.28. The van der Waals surface area contributed by atoms with Crippen molar-refractivity contribution >= 4 is 11.7 Å². The first-order valence-electron chi connectivity index (χ1n) is 7.54. The lowest BCUT2D eigenvalue weighted by molar-refractivity contribution is -0.385. The Hall–Kier alpha value is -2.22. The van der Waals surface area contributed by atoms with Crippen molar-refractivity contribution in [3.05, 3.63) is 38.8 Å². The summed E-state index contributed by atoms with van der Waals surface area (Å²) in [5, 5.41) is 10.7. The first-order chi connectivity index (χ1) is 10.8. The number of esters is 1.